The Morgan fingerprint density at radius 3 is 2.44 bits per heavy atom. The van der Waals surface area contributed by atoms with Gasteiger partial charge in [-0.2, -0.15) is 0 Å². The van der Waals surface area contributed by atoms with Gasteiger partial charge in [0, 0.05) is 27.2 Å². The number of fused-ring (bicyclic) bond motifs is 1. The molecule has 0 fully saturated rings. The summed E-state index contributed by atoms with van der Waals surface area (Å²) in [5.41, 5.74) is 1.89. The van der Waals surface area contributed by atoms with Crippen molar-refractivity contribution >= 4 is 40.7 Å². The first kappa shape index (κ1) is 18.7. The minimum atomic E-state index is -1.04. The number of aliphatic carboxylic acids is 1. The van der Waals surface area contributed by atoms with E-state index in [0.717, 1.165) is 0 Å². The first-order chi connectivity index (χ1) is 12.9. The van der Waals surface area contributed by atoms with Crippen molar-refractivity contribution in [3.63, 3.8) is 0 Å². The Labute approximate surface area is 159 Å². The van der Waals surface area contributed by atoms with Gasteiger partial charge in [0.2, 0.25) is 0 Å². The van der Waals surface area contributed by atoms with Gasteiger partial charge in [-0.3, -0.25) is 19.0 Å². The van der Waals surface area contributed by atoms with E-state index in [9.17, 15) is 19.5 Å². The Morgan fingerprint density at radius 1 is 1.22 bits per heavy atom. The number of hydrogen-bond acceptors (Lipinski definition) is 4. The first-order valence-corrected chi connectivity index (χ1v) is 8.44. The quantitative estimate of drug-likeness (QED) is 0.676. The zero-order valence-electron chi connectivity index (χ0n) is 14.7. The molecule has 0 saturated carbocycles. The Hall–Kier alpha value is -3.12. The summed E-state index contributed by atoms with van der Waals surface area (Å²) < 4.78 is 6.59. The normalized spacial score (nSPS) is 10.8. The van der Waals surface area contributed by atoms with Gasteiger partial charge in [0.15, 0.2) is 6.29 Å². The minimum absolute atomic E-state index is 0.242. The van der Waals surface area contributed by atoms with Crippen LogP contribution in [-0.2, 0) is 11.2 Å². The van der Waals surface area contributed by atoms with Crippen LogP contribution in [0.3, 0.4) is 0 Å². The minimum Gasteiger partial charge on any atom is -0.497 e. The van der Waals surface area contributed by atoms with Gasteiger partial charge in [0.1, 0.15) is 5.75 Å². The van der Waals surface area contributed by atoms with E-state index in [4.69, 9.17) is 16.3 Å². The van der Waals surface area contributed by atoms with Gasteiger partial charge in [0.25, 0.3) is 5.91 Å². The van der Waals surface area contributed by atoms with Crippen LogP contribution < -0.4 is 4.74 Å². The van der Waals surface area contributed by atoms with E-state index in [-0.39, 0.29) is 17.9 Å². The average molecular weight is 386 g/mol. The number of carbonyl (C=O) groups is 3. The Bertz CT molecular complexity index is 1070. The Balaban J connectivity index is 2.35. The fourth-order valence-corrected chi connectivity index (χ4v) is 3.29. The monoisotopic (exact) mass is 385 g/mol. The van der Waals surface area contributed by atoms with Gasteiger partial charge in [0.05, 0.1) is 19.0 Å². The maximum absolute atomic E-state index is 13.1. The lowest BCUT2D eigenvalue weighted by Gasteiger charge is -2.09. The summed E-state index contributed by atoms with van der Waals surface area (Å²) in [5.74, 6) is -1.00. The van der Waals surface area contributed by atoms with Gasteiger partial charge in [-0.25, -0.2) is 0 Å². The third kappa shape index (κ3) is 3.31. The molecule has 6 nitrogen and oxygen atoms in total. The van der Waals surface area contributed by atoms with Crippen LogP contribution in [0.15, 0.2) is 36.4 Å². The molecule has 3 aromatic rings. The second kappa shape index (κ2) is 7.25. The molecule has 27 heavy (non-hydrogen) atoms. The topological polar surface area (TPSA) is 85.6 Å². The molecule has 0 aliphatic rings. The average Bonchev–Trinajstić information content (AvgIpc) is 2.92. The highest BCUT2D eigenvalue weighted by molar-refractivity contribution is 6.30. The highest BCUT2D eigenvalue weighted by Gasteiger charge is 2.24. The molecule has 0 aliphatic heterocycles. The molecule has 0 bridgehead atoms. The Morgan fingerprint density at radius 2 is 1.89 bits per heavy atom. The molecule has 1 aromatic heterocycles. The maximum Gasteiger partial charge on any atom is 0.307 e. The predicted octanol–water partition coefficient (Wildman–Crippen LogP) is 3.74. The highest BCUT2D eigenvalue weighted by Crippen LogP contribution is 2.33. The highest BCUT2D eigenvalue weighted by atomic mass is 35.5. The van der Waals surface area contributed by atoms with Crippen molar-refractivity contribution in [3.8, 4) is 5.75 Å². The number of halogens is 1. The number of carboxylic acid groups (broad SMARTS) is 1. The van der Waals surface area contributed by atoms with Crippen molar-refractivity contribution in [1.82, 2.24) is 4.57 Å². The molecule has 1 heterocycles. The number of aldehydes is 1. The summed E-state index contributed by atoms with van der Waals surface area (Å²) in [6.07, 6.45) is 0.342. The molecule has 0 unspecified atom stereocenters. The fraction of sp³-hybridized carbons (Fsp3) is 0.150. The smallest absolute Gasteiger partial charge is 0.307 e. The van der Waals surface area contributed by atoms with E-state index >= 15 is 0 Å². The third-order valence-corrected chi connectivity index (χ3v) is 4.67. The summed E-state index contributed by atoms with van der Waals surface area (Å²) >= 11 is 5.89. The van der Waals surface area contributed by atoms with Crippen molar-refractivity contribution in [3.05, 3.63) is 63.8 Å². The summed E-state index contributed by atoms with van der Waals surface area (Å²) in [7, 11) is 1.45. The van der Waals surface area contributed by atoms with Crippen LogP contribution in [0, 0.1) is 6.92 Å². The van der Waals surface area contributed by atoms with Gasteiger partial charge in [-0.05, 0) is 48.9 Å². The molecular weight excluding hydrogens is 370 g/mol. The third-order valence-electron chi connectivity index (χ3n) is 4.42. The van der Waals surface area contributed by atoms with Crippen LogP contribution in [-0.4, -0.2) is 34.9 Å². The van der Waals surface area contributed by atoms with Crippen molar-refractivity contribution in [2.24, 2.45) is 0 Å². The number of benzene rings is 2. The maximum atomic E-state index is 13.1. The van der Waals surface area contributed by atoms with Crippen LogP contribution >= 0.6 is 11.6 Å². The van der Waals surface area contributed by atoms with Crippen molar-refractivity contribution in [2.45, 2.75) is 13.3 Å². The first-order valence-electron chi connectivity index (χ1n) is 8.06. The molecule has 0 aliphatic carbocycles. The number of carboxylic acids is 1. The van der Waals surface area contributed by atoms with E-state index in [1.165, 1.54) is 17.7 Å². The van der Waals surface area contributed by atoms with E-state index in [1.54, 1.807) is 37.3 Å². The predicted molar refractivity (Wildman–Crippen MR) is 101 cm³/mol. The molecular formula is C20H16ClNO5. The molecule has 7 heteroatoms. The number of methoxy groups -OCH3 is 1. The van der Waals surface area contributed by atoms with Crippen molar-refractivity contribution < 1.29 is 24.2 Å². The molecule has 2 aromatic carbocycles. The standard InChI is InChI=1S/C20H16ClNO5/c1-11-16(9-18(24)25)17-8-15(27-2)7-13(10-23)19(17)22(11)20(26)12-3-5-14(21)6-4-12/h3-8,10H,9H2,1-2H3,(H,24,25). The zero-order valence-corrected chi connectivity index (χ0v) is 15.4. The van der Waals surface area contributed by atoms with E-state index < -0.39 is 5.97 Å². The van der Waals surface area contributed by atoms with Crippen molar-refractivity contribution in [1.29, 1.82) is 0 Å². The zero-order chi connectivity index (χ0) is 19.7. The van der Waals surface area contributed by atoms with Crippen LogP contribution in [0.4, 0.5) is 0 Å². The van der Waals surface area contributed by atoms with Crippen molar-refractivity contribution in [2.75, 3.05) is 7.11 Å². The van der Waals surface area contributed by atoms with E-state index in [0.29, 0.717) is 44.8 Å². The van der Waals surface area contributed by atoms with E-state index in [1.807, 2.05) is 0 Å². The second-order valence-corrected chi connectivity index (χ2v) is 6.45. The lowest BCUT2D eigenvalue weighted by Crippen LogP contribution is -2.15. The van der Waals surface area contributed by atoms with Gasteiger partial charge in [-0.15, -0.1) is 0 Å². The van der Waals surface area contributed by atoms with E-state index in [2.05, 4.69) is 0 Å². The summed E-state index contributed by atoms with van der Waals surface area (Å²) in [4.78, 5) is 36.2. The summed E-state index contributed by atoms with van der Waals surface area (Å²) in [5, 5.41) is 10.3. The molecule has 0 atom stereocenters. The number of ether oxygens (including phenoxy) is 1. The van der Waals surface area contributed by atoms with Crippen LogP contribution in [0.1, 0.15) is 32.0 Å². The fourth-order valence-electron chi connectivity index (χ4n) is 3.16. The van der Waals surface area contributed by atoms with Crippen LogP contribution in [0.5, 0.6) is 5.75 Å². The molecule has 0 saturated heterocycles. The molecule has 0 amide bonds. The number of hydrogen-bond donors (Lipinski definition) is 1. The molecule has 0 radical (unpaired) electrons. The molecule has 3 rings (SSSR count). The molecule has 138 valence electrons. The van der Waals surface area contributed by atoms with Gasteiger partial charge >= 0.3 is 5.97 Å². The lowest BCUT2D eigenvalue weighted by molar-refractivity contribution is -0.136. The number of carbonyl (C=O) groups excluding carboxylic acids is 2. The SMILES string of the molecule is COc1cc(C=O)c2c(c1)c(CC(=O)O)c(C)n2C(=O)c1ccc(Cl)cc1. The van der Waals surface area contributed by atoms with Crippen LogP contribution in [0.25, 0.3) is 10.9 Å². The number of aromatic nitrogens is 1. The van der Waals surface area contributed by atoms with Gasteiger partial charge in [-0.1, -0.05) is 11.6 Å². The largest absolute Gasteiger partial charge is 0.497 e. The lowest BCUT2D eigenvalue weighted by atomic mass is 10.1. The summed E-state index contributed by atoms with van der Waals surface area (Å²) in [6.45, 7) is 1.66. The molecule has 1 N–H and O–H groups in total. The molecule has 0 spiro atoms. The second-order valence-electron chi connectivity index (χ2n) is 6.01. The summed E-state index contributed by atoms with van der Waals surface area (Å²) in [6, 6.07) is 9.51. The number of nitrogens with zero attached hydrogens (tertiary/aromatic N) is 1. The van der Waals surface area contributed by atoms with Crippen LogP contribution in [0.2, 0.25) is 5.02 Å². The van der Waals surface area contributed by atoms with Gasteiger partial charge < -0.3 is 9.84 Å². The Kier molecular flexibility index (Phi) is 5.01. The number of rotatable bonds is 5.